The van der Waals surface area contributed by atoms with Crippen LogP contribution in [0, 0.1) is 0 Å². The molecule has 1 aromatic carbocycles. The first-order valence-corrected chi connectivity index (χ1v) is 11.7. The molecule has 3 rings (SSSR count). The molecule has 0 radical (unpaired) electrons. The average Bonchev–Trinajstić information content (AvgIpc) is 2.79. The minimum Gasteiger partial charge on any atom is -0.313 e. The van der Waals surface area contributed by atoms with Crippen LogP contribution in [0.3, 0.4) is 0 Å². The number of nitrogens with zero attached hydrogens (tertiary/aromatic N) is 2. The Morgan fingerprint density at radius 1 is 0.600 bits per heavy atom. The molecule has 1 aromatic rings. The Balaban J connectivity index is 1.80. The van der Waals surface area contributed by atoms with Gasteiger partial charge in [-0.25, -0.2) is 0 Å². The van der Waals surface area contributed by atoms with E-state index < -0.39 is 0 Å². The van der Waals surface area contributed by atoms with Crippen LogP contribution in [0.15, 0.2) is 24.3 Å². The molecule has 0 saturated carbocycles. The lowest BCUT2D eigenvalue weighted by Crippen LogP contribution is -2.52. The molecule has 0 spiro atoms. The van der Waals surface area contributed by atoms with E-state index in [0.29, 0.717) is 11.8 Å². The average molecular weight is 417 g/mol. The molecular formula is C26H44N2O2. The summed E-state index contributed by atoms with van der Waals surface area (Å²) >= 11 is 0. The Morgan fingerprint density at radius 3 is 1.20 bits per heavy atom. The summed E-state index contributed by atoms with van der Waals surface area (Å²) in [5.74, 6) is 0.922. The summed E-state index contributed by atoms with van der Waals surface area (Å²) in [6, 6.07) is 9.26. The number of rotatable bonds is 2. The van der Waals surface area contributed by atoms with Gasteiger partial charge in [0, 0.05) is 22.2 Å². The van der Waals surface area contributed by atoms with Crippen molar-refractivity contribution < 1.29 is 10.4 Å². The van der Waals surface area contributed by atoms with Crippen LogP contribution < -0.4 is 0 Å². The molecule has 0 amide bonds. The number of hydroxylamine groups is 4. The van der Waals surface area contributed by atoms with E-state index in [-0.39, 0.29) is 22.2 Å². The third-order valence-electron chi connectivity index (χ3n) is 7.87. The van der Waals surface area contributed by atoms with Gasteiger partial charge in [0.15, 0.2) is 0 Å². The van der Waals surface area contributed by atoms with Crippen molar-refractivity contribution in [1.29, 1.82) is 0 Å². The summed E-state index contributed by atoms with van der Waals surface area (Å²) in [4.78, 5) is 0. The number of hydrogen-bond donors (Lipinski definition) is 2. The lowest BCUT2D eigenvalue weighted by atomic mass is 9.81. The zero-order valence-electron chi connectivity index (χ0n) is 20.5. The third-order valence-corrected chi connectivity index (χ3v) is 7.87. The maximum absolute atomic E-state index is 10.8. The number of benzene rings is 1. The van der Waals surface area contributed by atoms with Crippen LogP contribution >= 0.6 is 0 Å². The topological polar surface area (TPSA) is 46.9 Å². The minimum atomic E-state index is -0.245. The molecule has 2 fully saturated rings. The molecule has 170 valence electrons. The van der Waals surface area contributed by atoms with E-state index in [0.717, 1.165) is 38.5 Å². The molecule has 30 heavy (non-hydrogen) atoms. The monoisotopic (exact) mass is 416 g/mol. The predicted molar refractivity (Wildman–Crippen MR) is 123 cm³/mol. The molecule has 0 bridgehead atoms. The van der Waals surface area contributed by atoms with Gasteiger partial charge in [-0.2, -0.15) is 10.1 Å². The zero-order chi connectivity index (χ0) is 22.5. The second-order valence-corrected chi connectivity index (χ2v) is 12.4. The van der Waals surface area contributed by atoms with E-state index in [1.807, 2.05) is 0 Å². The quantitative estimate of drug-likeness (QED) is 0.562. The highest BCUT2D eigenvalue weighted by atomic mass is 16.5. The van der Waals surface area contributed by atoms with Crippen molar-refractivity contribution in [1.82, 2.24) is 10.1 Å². The Kier molecular flexibility index (Phi) is 6.23. The molecule has 0 aromatic heterocycles. The third kappa shape index (κ3) is 4.62. The Labute approximate surface area is 184 Å². The maximum atomic E-state index is 10.8. The van der Waals surface area contributed by atoms with Gasteiger partial charge < -0.3 is 10.4 Å². The first-order valence-electron chi connectivity index (χ1n) is 11.7. The fraction of sp³-hybridized carbons (Fsp3) is 0.769. The van der Waals surface area contributed by atoms with Crippen molar-refractivity contribution in [2.24, 2.45) is 0 Å². The summed E-state index contributed by atoms with van der Waals surface area (Å²) in [6.45, 7) is 17.2. The Morgan fingerprint density at radius 2 is 0.900 bits per heavy atom. The second-order valence-electron chi connectivity index (χ2n) is 12.4. The predicted octanol–water partition coefficient (Wildman–Crippen LogP) is 6.72. The van der Waals surface area contributed by atoms with Crippen LogP contribution in [0.4, 0.5) is 0 Å². The molecule has 4 heteroatoms. The van der Waals surface area contributed by atoms with Crippen molar-refractivity contribution in [2.75, 3.05) is 0 Å². The van der Waals surface area contributed by atoms with Gasteiger partial charge >= 0.3 is 0 Å². The van der Waals surface area contributed by atoms with Gasteiger partial charge in [-0.3, -0.25) is 0 Å². The fourth-order valence-corrected chi connectivity index (χ4v) is 6.10. The van der Waals surface area contributed by atoms with Gasteiger partial charge in [0.2, 0.25) is 0 Å². The van der Waals surface area contributed by atoms with Crippen LogP contribution in [-0.2, 0) is 0 Å². The van der Waals surface area contributed by atoms with Gasteiger partial charge in [0.25, 0.3) is 0 Å². The normalized spacial score (nSPS) is 31.7. The molecule has 2 heterocycles. The molecule has 2 saturated heterocycles. The molecule has 2 aliphatic heterocycles. The molecule has 2 atom stereocenters. The molecule has 2 aliphatic rings. The van der Waals surface area contributed by atoms with Gasteiger partial charge in [-0.15, -0.1) is 0 Å². The molecule has 4 nitrogen and oxygen atoms in total. The van der Waals surface area contributed by atoms with Gasteiger partial charge in [0.05, 0.1) is 0 Å². The first kappa shape index (κ1) is 23.7. The largest absolute Gasteiger partial charge is 0.313 e. The van der Waals surface area contributed by atoms with Gasteiger partial charge in [0.1, 0.15) is 0 Å². The lowest BCUT2D eigenvalue weighted by molar-refractivity contribution is -0.221. The van der Waals surface area contributed by atoms with Crippen molar-refractivity contribution in [3.8, 4) is 0 Å². The minimum absolute atomic E-state index is 0.201. The van der Waals surface area contributed by atoms with Crippen LogP contribution in [-0.4, -0.2) is 42.7 Å². The SMILES string of the molecule is CC1(C)CCC(c2ccc(C3CCC(C)(C)N(O)C(C)(C)C3)cc2)CC(C)(C)N1O. The van der Waals surface area contributed by atoms with Crippen LogP contribution in [0.5, 0.6) is 0 Å². The van der Waals surface area contributed by atoms with Crippen molar-refractivity contribution in [3.63, 3.8) is 0 Å². The number of hydrogen-bond acceptors (Lipinski definition) is 4. The lowest BCUT2D eigenvalue weighted by Gasteiger charge is -2.42. The molecule has 2 unspecified atom stereocenters. The summed E-state index contributed by atoms with van der Waals surface area (Å²) < 4.78 is 0. The van der Waals surface area contributed by atoms with Crippen LogP contribution in [0.25, 0.3) is 0 Å². The smallest absolute Gasteiger partial charge is 0.0416 e. The highest BCUT2D eigenvalue weighted by molar-refractivity contribution is 5.29. The van der Waals surface area contributed by atoms with Gasteiger partial charge in [-0.05, 0) is 117 Å². The van der Waals surface area contributed by atoms with E-state index >= 15 is 0 Å². The van der Waals surface area contributed by atoms with Crippen LogP contribution in [0.1, 0.15) is 117 Å². The van der Waals surface area contributed by atoms with E-state index in [1.54, 1.807) is 10.1 Å². The van der Waals surface area contributed by atoms with E-state index in [1.165, 1.54) is 11.1 Å². The standard InChI is InChI=1S/C26H44N2O2/c1-23(2)15-13-21(17-25(5,6)27(23)29)19-9-11-20(12-10-19)22-14-16-24(3,4)28(30)26(7,8)18-22/h9-12,21-22,29-30H,13-18H2,1-8H3. The van der Waals surface area contributed by atoms with Gasteiger partial charge in [-0.1, -0.05) is 24.3 Å². The highest BCUT2D eigenvalue weighted by Crippen LogP contribution is 2.44. The van der Waals surface area contributed by atoms with E-state index in [2.05, 4.69) is 79.7 Å². The maximum Gasteiger partial charge on any atom is 0.0416 e. The van der Waals surface area contributed by atoms with Crippen molar-refractivity contribution in [2.45, 2.75) is 128 Å². The van der Waals surface area contributed by atoms with E-state index in [4.69, 9.17) is 0 Å². The highest BCUT2D eigenvalue weighted by Gasteiger charge is 2.43. The van der Waals surface area contributed by atoms with E-state index in [9.17, 15) is 10.4 Å². The van der Waals surface area contributed by atoms with Crippen LogP contribution in [0.2, 0.25) is 0 Å². The summed E-state index contributed by atoms with van der Waals surface area (Å²) in [6.07, 6.45) is 6.07. The summed E-state index contributed by atoms with van der Waals surface area (Å²) in [7, 11) is 0. The summed E-state index contributed by atoms with van der Waals surface area (Å²) in [5.41, 5.74) is 1.88. The summed E-state index contributed by atoms with van der Waals surface area (Å²) in [5, 5.41) is 24.7. The Bertz CT molecular complexity index is 673. The molecule has 0 aliphatic carbocycles. The van der Waals surface area contributed by atoms with Crippen molar-refractivity contribution >= 4 is 0 Å². The Hall–Kier alpha value is -0.940. The zero-order valence-corrected chi connectivity index (χ0v) is 20.5. The second kappa shape index (κ2) is 7.88. The molecule has 2 N–H and O–H groups in total. The van der Waals surface area contributed by atoms with Crippen molar-refractivity contribution in [3.05, 3.63) is 35.4 Å². The first-order chi connectivity index (χ1) is 13.7. The molecular weight excluding hydrogens is 372 g/mol. The fourth-order valence-electron chi connectivity index (χ4n) is 6.10.